The Balaban J connectivity index is 1.80. The van der Waals surface area contributed by atoms with E-state index in [4.69, 9.17) is 0 Å². The van der Waals surface area contributed by atoms with Crippen LogP contribution in [-0.4, -0.2) is 10.6 Å². The molecule has 3 aliphatic carbocycles. The van der Waals surface area contributed by atoms with Gasteiger partial charge in [0.15, 0.2) is 0 Å². The smallest absolute Gasteiger partial charge is 0.0675 e. The summed E-state index contributed by atoms with van der Waals surface area (Å²) < 4.78 is 2.41. The highest BCUT2D eigenvalue weighted by molar-refractivity contribution is 5.65. The molecule has 2 aromatic rings. The zero-order valence-electron chi connectivity index (χ0n) is 13.8. The van der Waals surface area contributed by atoms with Crippen molar-refractivity contribution in [1.29, 1.82) is 0 Å². The average molecular weight is 292 g/mol. The number of anilines is 1. The number of benzene rings is 1. The van der Waals surface area contributed by atoms with Gasteiger partial charge in [-0.05, 0) is 62.8 Å². The van der Waals surface area contributed by atoms with Gasteiger partial charge in [-0.25, -0.2) is 0 Å². The van der Waals surface area contributed by atoms with Gasteiger partial charge < -0.3 is 9.47 Å². The number of hydrogen-bond donors (Lipinski definition) is 0. The minimum Gasteiger partial charge on any atom is -0.358 e. The summed E-state index contributed by atoms with van der Waals surface area (Å²) in [4.78, 5) is 2.79. The summed E-state index contributed by atoms with van der Waals surface area (Å²) in [5, 5.41) is 0. The van der Waals surface area contributed by atoms with E-state index in [9.17, 15) is 0 Å². The van der Waals surface area contributed by atoms with Gasteiger partial charge in [0, 0.05) is 36.1 Å². The summed E-state index contributed by atoms with van der Waals surface area (Å²) in [6.07, 6.45) is 7.66. The van der Waals surface area contributed by atoms with Crippen LogP contribution in [0.5, 0.6) is 0 Å². The number of hydrogen-bond acceptors (Lipinski definition) is 1. The Morgan fingerprint density at radius 1 is 1.05 bits per heavy atom. The summed E-state index contributed by atoms with van der Waals surface area (Å²) >= 11 is 0. The topological polar surface area (TPSA) is 8.17 Å². The molecule has 114 valence electrons. The first-order chi connectivity index (χ1) is 10.6. The summed E-state index contributed by atoms with van der Waals surface area (Å²) in [6.45, 7) is 4.73. The molecule has 22 heavy (non-hydrogen) atoms. The van der Waals surface area contributed by atoms with E-state index in [1.807, 2.05) is 0 Å². The molecule has 1 aromatic carbocycles. The first-order valence-electron chi connectivity index (χ1n) is 8.61. The van der Waals surface area contributed by atoms with Crippen LogP contribution in [0, 0.1) is 6.92 Å². The van der Waals surface area contributed by atoms with Crippen molar-refractivity contribution >= 4 is 5.69 Å². The van der Waals surface area contributed by atoms with Gasteiger partial charge >= 0.3 is 0 Å². The van der Waals surface area contributed by atoms with E-state index in [1.54, 1.807) is 11.3 Å². The second-order valence-corrected chi connectivity index (χ2v) is 7.71. The second kappa shape index (κ2) is 3.79. The van der Waals surface area contributed by atoms with Crippen molar-refractivity contribution in [2.45, 2.75) is 56.5 Å². The minimum absolute atomic E-state index is 0.238. The van der Waals surface area contributed by atoms with Gasteiger partial charge in [-0.3, -0.25) is 0 Å². The van der Waals surface area contributed by atoms with Crippen LogP contribution >= 0.6 is 0 Å². The maximum Gasteiger partial charge on any atom is 0.0675 e. The molecule has 1 unspecified atom stereocenters. The number of piperidine rings is 2. The number of aryl methyl sites for hydroxylation is 2. The van der Waals surface area contributed by atoms with Gasteiger partial charge in [-0.2, -0.15) is 0 Å². The monoisotopic (exact) mass is 292 g/mol. The molecule has 1 atom stereocenters. The number of para-hydroxylation sites is 1. The van der Waals surface area contributed by atoms with Crippen molar-refractivity contribution in [2.24, 2.45) is 7.05 Å². The van der Waals surface area contributed by atoms with E-state index < -0.39 is 0 Å². The van der Waals surface area contributed by atoms with Gasteiger partial charge in [-0.15, -0.1) is 0 Å². The van der Waals surface area contributed by atoms with Gasteiger partial charge in [0.25, 0.3) is 0 Å². The lowest BCUT2D eigenvalue weighted by Crippen LogP contribution is -2.72. The zero-order valence-corrected chi connectivity index (χ0v) is 13.8. The highest BCUT2D eigenvalue weighted by Gasteiger charge is 2.65. The molecule has 3 fully saturated rings. The summed E-state index contributed by atoms with van der Waals surface area (Å²) in [7, 11) is 2.24. The maximum atomic E-state index is 2.79. The minimum atomic E-state index is 0.238. The van der Waals surface area contributed by atoms with Gasteiger partial charge in [0.2, 0.25) is 0 Å². The molecule has 6 aliphatic rings. The lowest BCUT2D eigenvalue weighted by Gasteiger charge is -2.69. The third-order valence-electron chi connectivity index (χ3n) is 7.04. The molecule has 0 amide bonds. The van der Waals surface area contributed by atoms with Crippen LogP contribution in [-0.2, 0) is 18.0 Å². The Hall–Kier alpha value is -1.70. The van der Waals surface area contributed by atoms with Gasteiger partial charge in [0.05, 0.1) is 5.54 Å². The Labute approximate surface area is 132 Å². The SMILES string of the molecule is Cc1ccccc1N1C(C)C23CCC1(CC2)c1ccn(C)c13. The van der Waals surface area contributed by atoms with E-state index in [0.29, 0.717) is 11.5 Å². The second-order valence-electron chi connectivity index (χ2n) is 7.71. The largest absolute Gasteiger partial charge is 0.358 e. The fraction of sp³-hybridized carbons (Fsp3) is 0.500. The highest BCUT2D eigenvalue weighted by Crippen LogP contribution is 2.66. The molecule has 0 spiro atoms. The molecular weight excluding hydrogens is 268 g/mol. The molecule has 2 heteroatoms. The molecule has 8 rings (SSSR count). The van der Waals surface area contributed by atoms with E-state index in [-0.39, 0.29) is 5.54 Å². The Bertz CT molecular complexity index is 762. The maximum absolute atomic E-state index is 2.79. The van der Waals surface area contributed by atoms with Gasteiger partial charge in [-0.1, -0.05) is 18.2 Å². The van der Waals surface area contributed by atoms with E-state index in [0.717, 1.165) is 0 Å². The number of nitrogens with zero attached hydrogens (tertiary/aromatic N) is 2. The summed E-state index contributed by atoms with van der Waals surface area (Å²) in [6, 6.07) is 11.9. The molecule has 2 nitrogen and oxygen atoms in total. The molecule has 3 aliphatic heterocycles. The fourth-order valence-corrected chi connectivity index (χ4v) is 6.02. The van der Waals surface area contributed by atoms with E-state index >= 15 is 0 Å². The lowest BCUT2D eigenvalue weighted by molar-refractivity contribution is 0.0499. The molecule has 1 aromatic heterocycles. The molecule has 0 N–H and O–H groups in total. The standard InChI is InChI=1S/C20H24N2/c1-14-6-4-5-7-17(14)22-15(2)19-9-11-20(22,12-10-19)16-8-13-21(3)18(16)19/h4-8,13,15H,9-12H2,1-3H3. The van der Waals surface area contributed by atoms with Crippen molar-refractivity contribution in [3.8, 4) is 0 Å². The average Bonchev–Trinajstić information content (AvgIpc) is 2.95. The van der Waals surface area contributed by atoms with Crippen molar-refractivity contribution in [1.82, 2.24) is 4.57 Å². The molecule has 4 heterocycles. The van der Waals surface area contributed by atoms with Gasteiger partial charge in [0.1, 0.15) is 0 Å². The van der Waals surface area contributed by atoms with Crippen LogP contribution in [0.15, 0.2) is 36.5 Å². The van der Waals surface area contributed by atoms with Crippen molar-refractivity contribution < 1.29 is 0 Å². The summed E-state index contributed by atoms with van der Waals surface area (Å²) in [5.41, 5.74) is 6.72. The highest BCUT2D eigenvalue weighted by atomic mass is 15.3. The Morgan fingerprint density at radius 3 is 2.50 bits per heavy atom. The molecule has 2 saturated heterocycles. The quantitative estimate of drug-likeness (QED) is 0.762. The predicted octanol–water partition coefficient (Wildman–Crippen LogP) is 4.26. The van der Waals surface area contributed by atoms with E-state index in [1.165, 1.54) is 36.9 Å². The molecule has 2 bridgehead atoms. The molecule has 1 saturated carbocycles. The van der Waals surface area contributed by atoms with Crippen LogP contribution in [0.3, 0.4) is 0 Å². The third-order valence-corrected chi connectivity index (χ3v) is 7.04. The van der Waals surface area contributed by atoms with Crippen LogP contribution in [0.4, 0.5) is 5.69 Å². The van der Waals surface area contributed by atoms with Crippen molar-refractivity contribution in [3.05, 3.63) is 53.3 Å². The number of aromatic nitrogens is 1. The van der Waals surface area contributed by atoms with Crippen LogP contribution in [0.2, 0.25) is 0 Å². The molecule has 0 radical (unpaired) electrons. The first-order valence-corrected chi connectivity index (χ1v) is 8.61. The first kappa shape index (κ1) is 12.8. The normalized spacial score (nSPS) is 35.0. The van der Waals surface area contributed by atoms with Crippen LogP contribution in [0.1, 0.15) is 49.4 Å². The Kier molecular flexibility index (Phi) is 2.21. The third kappa shape index (κ3) is 1.17. The van der Waals surface area contributed by atoms with Crippen LogP contribution in [0.25, 0.3) is 0 Å². The number of rotatable bonds is 1. The zero-order chi connectivity index (χ0) is 15.1. The fourth-order valence-electron chi connectivity index (χ4n) is 6.02. The van der Waals surface area contributed by atoms with Crippen molar-refractivity contribution in [2.75, 3.05) is 4.90 Å². The predicted molar refractivity (Wildman–Crippen MR) is 90.4 cm³/mol. The van der Waals surface area contributed by atoms with Crippen LogP contribution < -0.4 is 4.90 Å². The lowest BCUT2D eigenvalue weighted by atomic mass is 9.48. The Morgan fingerprint density at radius 2 is 1.77 bits per heavy atom. The summed E-state index contributed by atoms with van der Waals surface area (Å²) in [5.74, 6) is 0. The van der Waals surface area contributed by atoms with E-state index in [2.05, 4.69) is 66.9 Å². The van der Waals surface area contributed by atoms with Crippen molar-refractivity contribution in [3.63, 3.8) is 0 Å². The molecular formula is C20H24N2.